The minimum Gasteiger partial charge on any atom is -0.323 e. The molecular formula is C19H19BrClN3. The summed E-state index contributed by atoms with van der Waals surface area (Å²) < 4.78 is 1.03. The van der Waals surface area contributed by atoms with Gasteiger partial charge >= 0.3 is 0 Å². The Kier molecular flexibility index (Phi) is 5.49. The first kappa shape index (κ1) is 17.3. The molecule has 0 aliphatic rings. The summed E-state index contributed by atoms with van der Waals surface area (Å²) in [7, 11) is 0. The number of unbranched alkanes of at least 4 members (excludes halogenated alkanes) is 1. The lowest BCUT2D eigenvalue weighted by Gasteiger charge is -2.15. The molecule has 0 saturated carbocycles. The predicted molar refractivity (Wildman–Crippen MR) is 104 cm³/mol. The van der Waals surface area contributed by atoms with Gasteiger partial charge in [-0.15, -0.1) is 0 Å². The Bertz CT molecular complexity index is 849. The van der Waals surface area contributed by atoms with Crippen molar-refractivity contribution >= 4 is 38.4 Å². The largest absolute Gasteiger partial charge is 0.323 e. The SMILES string of the molecule is CCCCC(N)c1nc(-c2ccc(Br)cc2)nc2ccc(Cl)cc12. The summed E-state index contributed by atoms with van der Waals surface area (Å²) in [6.45, 7) is 2.16. The molecule has 0 saturated heterocycles. The second kappa shape index (κ2) is 7.60. The average Bonchev–Trinajstić information content (AvgIpc) is 2.59. The lowest BCUT2D eigenvalue weighted by atomic mass is 10.0. The molecule has 1 aromatic heterocycles. The van der Waals surface area contributed by atoms with Crippen molar-refractivity contribution in [3.05, 3.63) is 57.7 Å². The molecular weight excluding hydrogens is 386 g/mol. The third-order valence-electron chi connectivity index (χ3n) is 4.01. The van der Waals surface area contributed by atoms with E-state index in [2.05, 4.69) is 22.9 Å². The van der Waals surface area contributed by atoms with Gasteiger partial charge in [0.2, 0.25) is 0 Å². The number of benzene rings is 2. The molecule has 24 heavy (non-hydrogen) atoms. The second-order valence-electron chi connectivity index (χ2n) is 5.85. The molecule has 0 fully saturated rings. The normalized spacial score (nSPS) is 12.5. The van der Waals surface area contributed by atoms with Crippen LogP contribution in [0.1, 0.15) is 37.9 Å². The summed E-state index contributed by atoms with van der Waals surface area (Å²) in [6.07, 6.45) is 3.08. The molecule has 0 aliphatic carbocycles. The maximum atomic E-state index is 6.43. The summed E-state index contributed by atoms with van der Waals surface area (Å²) in [5.74, 6) is 0.694. The third kappa shape index (κ3) is 3.77. The highest BCUT2D eigenvalue weighted by Gasteiger charge is 2.15. The van der Waals surface area contributed by atoms with Crippen LogP contribution in [0, 0.1) is 0 Å². The van der Waals surface area contributed by atoms with Crippen molar-refractivity contribution in [2.45, 2.75) is 32.2 Å². The molecule has 1 atom stereocenters. The molecule has 0 aliphatic heterocycles. The lowest BCUT2D eigenvalue weighted by Crippen LogP contribution is -2.13. The number of nitrogens with zero attached hydrogens (tertiary/aromatic N) is 2. The summed E-state index contributed by atoms with van der Waals surface area (Å²) in [5, 5.41) is 1.61. The van der Waals surface area contributed by atoms with Gasteiger partial charge in [-0.05, 0) is 36.8 Å². The minimum atomic E-state index is -0.122. The molecule has 0 radical (unpaired) electrons. The monoisotopic (exact) mass is 403 g/mol. The van der Waals surface area contributed by atoms with E-state index in [0.29, 0.717) is 10.8 Å². The van der Waals surface area contributed by atoms with Crippen LogP contribution in [0.4, 0.5) is 0 Å². The molecule has 3 rings (SSSR count). The topological polar surface area (TPSA) is 51.8 Å². The highest BCUT2D eigenvalue weighted by atomic mass is 79.9. The van der Waals surface area contributed by atoms with Crippen molar-refractivity contribution in [3.63, 3.8) is 0 Å². The second-order valence-corrected chi connectivity index (χ2v) is 7.20. The predicted octanol–water partition coefficient (Wildman–Crippen LogP) is 5.90. The van der Waals surface area contributed by atoms with E-state index < -0.39 is 0 Å². The van der Waals surface area contributed by atoms with Gasteiger partial charge in [0.1, 0.15) is 0 Å². The zero-order valence-electron chi connectivity index (χ0n) is 13.5. The van der Waals surface area contributed by atoms with Crippen molar-refractivity contribution in [2.75, 3.05) is 0 Å². The number of nitrogens with two attached hydrogens (primary N) is 1. The molecule has 3 aromatic rings. The fourth-order valence-corrected chi connectivity index (χ4v) is 3.13. The first-order valence-electron chi connectivity index (χ1n) is 8.07. The zero-order chi connectivity index (χ0) is 17.1. The van der Waals surface area contributed by atoms with Crippen LogP contribution in [0.5, 0.6) is 0 Å². The molecule has 0 spiro atoms. The van der Waals surface area contributed by atoms with Crippen molar-refractivity contribution < 1.29 is 0 Å². The Morgan fingerprint density at radius 3 is 2.58 bits per heavy atom. The van der Waals surface area contributed by atoms with Crippen molar-refractivity contribution in [1.29, 1.82) is 0 Å². The van der Waals surface area contributed by atoms with Crippen molar-refractivity contribution in [1.82, 2.24) is 9.97 Å². The highest BCUT2D eigenvalue weighted by Crippen LogP contribution is 2.29. The van der Waals surface area contributed by atoms with Crippen LogP contribution in [0.2, 0.25) is 5.02 Å². The molecule has 1 unspecified atom stereocenters. The van der Waals surface area contributed by atoms with E-state index in [4.69, 9.17) is 27.3 Å². The maximum Gasteiger partial charge on any atom is 0.160 e. The molecule has 2 aromatic carbocycles. The van der Waals surface area contributed by atoms with Gasteiger partial charge in [0.15, 0.2) is 5.82 Å². The number of fused-ring (bicyclic) bond motifs is 1. The number of halogens is 2. The van der Waals surface area contributed by atoms with E-state index in [0.717, 1.165) is 45.9 Å². The van der Waals surface area contributed by atoms with Gasteiger partial charge in [0, 0.05) is 26.5 Å². The van der Waals surface area contributed by atoms with Crippen LogP contribution >= 0.6 is 27.5 Å². The van der Waals surface area contributed by atoms with E-state index in [-0.39, 0.29) is 6.04 Å². The van der Waals surface area contributed by atoms with Gasteiger partial charge < -0.3 is 5.73 Å². The van der Waals surface area contributed by atoms with E-state index >= 15 is 0 Å². The van der Waals surface area contributed by atoms with E-state index in [1.807, 2.05) is 42.5 Å². The number of aromatic nitrogens is 2. The summed E-state index contributed by atoms with van der Waals surface area (Å²) in [4.78, 5) is 9.48. The Morgan fingerprint density at radius 1 is 1.12 bits per heavy atom. The molecule has 124 valence electrons. The van der Waals surface area contributed by atoms with Gasteiger partial charge in [-0.1, -0.05) is 59.4 Å². The number of hydrogen-bond donors (Lipinski definition) is 1. The summed E-state index contributed by atoms with van der Waals surface area (Å²) in [5.41, 5.74) is 9.14. The Labute approximate surface area is 155 Å². The molecule has 5 heteroatoms. The van der Waals surface area contributed by atoms with Crippen LogP contribution in [0.3, 0.4) is 0 Å². The molecule has 2 N–H and O–H groups in total. The summed E-state index contributed by atoms with van der Waals surface area (Å²) in [6, 6.07) is 13.5. The highest BCUT2D eigenvalue weighted by molar-refractivity contribution is 9.10. The van der Waals surface area contributed by atoms with Crippen LogP contribution in [0.15, 0.2) is 46.9 Å². The molecule has 1 heterocycles. The van der Waals surface area contributed by atoms with Gasteiger partial charge in [0.05, 0.1) is 11.2 Å². The molecule has 0 bridgehead atoms. The molecule has 0 amide bonds. The standard InChI is InChI=1S/C19H19BrClN3/c1-2-3-4-16(22)18-15-11-14(21)9-10-17(15)23-19(24-18)12-5-7-13(20)8-6-12/h5-11,16H,2-4,22H2,1H3. The van der Waals surface area contributed by atoms with Crippen LogP contribution in [0.25, 0.3) is 22.3 Å². The molecule has 3 nitrogen and oxygen atoms in total. The lowest BCUT2D eigenvalue weighted by molar-refractivity contribution is 0.594. The smallest absolute Gasteiger partial charge is 0.160 e. The first-order valence-corrected chi connectivity index (χ1v) is 9.24. The average molecular weight is 405 g/mol. The van der Waals surface area contributed by atoms with E-state index in [1.54, 1.807) is 0 Å². The van der Waals surface area contributed by atoms with E-state index in [1.165, 1.54) is 0 Å². The maximum absolute atomic E-state index is 6.43. The fourth-order valence-electron chi connectivity index (χ4n) is 2.70. The van der Waals surface area contributed by atoms with Crippen molar-refractivity contribution in [3.8, 4) is 11.4 Å². The Hall–Kier alpha value is -1.49. The van der Waals surface area contributed by atoms with Crippen LogP contribution in [-0.2, 0) is 0 Å². The van der Waals surface area contributed by atoms with Gasteiger partial charge in [0.25, 0.3) is 0 Å². The minimum absolute atomic E-state index is 0.122. The zero-order valence-corrected chi connectivity index (χ0v) is 15.8. The third-order valence-corrected chi connectivity index (χ3v) is 4.77. The van der Waals surface area contributed by atoms with Crippen LogP contribution in [-0.4, -0.2) is 9.97 Å². The van der Waals surface area contributed by atoms with E-state index in [9.17, 15) is 0 Å². The van der Waals surface area contributed by atoms with Gasteiger partial charge in [-0.3, -0.25) is 0 Å². The Balaban J connectivity index is 2.14. The quantitative estimate of drug-likeness (QED) is 0.575. The van der Waals surface area contributed by atoms with Gasteiger partial charge in [-0.2, -0.15) is 0 Å². The number of rotatable bonds is 5. The fraction of sp³-hybridized carbons (Fsp3) is 0.263. The number of hydrogen-bond acceptors (Lipinski definition) is 3. The Morgan fingerprint density at radius 2 is 1.88 bits per heavy atom. The summed E-state index contributed by atoms with van der Waals surface area (Å²) >= 11 is 9.63. The van der Waals surface area contributed by atoms with Gasteiger partial charge in [-0.25, -0.2) is 9.97 Å². The first-order chi connectivity index (χ1) is 11.6. The van der Waals surface area contributed by atoms with Crippen molar-refractivity contribution in [2.24, 2.45) is 5.73 Å². The van der Waals surface area contributed by atoms with Crippen LogP contribution < -0.4 is 5.73 Å².